The van der Waals surface area contributed by atoms with E-state index in [1.807, 2.05) is 38.4 Å². The number of rotatable bonds is 3. The van der Waals surface area contributed by atoms with Crippen molar-refractivity contribution in [3.05, 3.63) is 94.0 Å². The van der Waals surface area contributed by atoms with Crippen LogP contribution < -0.4 is 14.4 Å². The molecule has 3 aliphatic heterocycles. The lowest BCUT2D eigenvalue weighted by atomic mass is 9.63. The normalized spacial score (nSPS) is 31.8. The second kappa shape index (κ2) is 14.3. The van der Waals surface area contributed by atoms with Crippen molar-refractivity contribution >= 4 is 33.2 Å². The average molecular weight is 760 g/mol. The van der Waals surface area contributed by atoms with E-state index in [9.17, 15) is 13.2 Å². The Labute approximate surface area is 318 Å². The van der Waals surface area contributed by atoms with Crippen molar-refractivity contribution in [2.24, 2.45) is 17.8 Å². The first kappa shape index (κ1) is 36.5. The van der Waals surface area contributed by atoms with Gasteiger partial charge >= 0.3 is 0 Å². The number of benzene rings is 2. The molecule has 1 spiro atoms. The molecule has 1 aromatic heterocycles. The predicted molar refractivity (Wildman–Crippen MR) is 206 cm³/mol. The Morgan fingerprint density at radius 2 is 1.98 bits per heavy atom. The number of sulfonamides is 1. The van der Waals surface area contributed by atoms with Gasteiger partial charge in [-0.25, -0.2) is 23.1 Å². The molecular weight excluding hydrogens is 710 g/mol. The van der Waals surface area contributed by atoms with Crippen molar-refractivity contribution in [3.63, 3.8) is 0 Å². The third-order valence-electron chi connectivity index (χ3n) is 13.0. The minimum Gasteiger partial charge on any atom is -0.490 e. The van der Waals surface area contributed by atoms with Gasteiger partial charge in [0, 0.05) is 62.0 Å². The Bertz CT molecular complexity index is 2030. The number of methoxy groups -OCH3 is 1. The van der Waals surface area contributed by atoms with Crippen LogP contribution >= 0.6 is 11.6 Å². The Morgan fingerprint density at radius 1 is 1.11 bits per heavy atom. The molecule has 8 rings (SSSR count). The highest BCUT2D eigenvalue weighted by Gasteiger charge is 2.50. The van der Waals surface area contributed by atoms with E-state index >= 15 is 0 Å². The fourth-order valence-electron chi connectivity index (χ4n) is 9.60. The number of nitrogens with zero attached hydrogens (tertiary/aromatic N) is 4. The third kappa shape index (κ3) is 6.87. The maximum atomic E-state index is 13.7. The van der Waals surface area contributed by atoms with Crippen LogP contribution in [0, 0.1) is 17.8 Å². The highest BCUT2D eigenvalue weighted by molar-refractivity contribution is 7.90. The molecule has 10 nitrogen and oxygen atoms in total. The van der Waals surface area contributed by atoms with Gasteiger partial charge in [0.25, 0.3) is 5.91 Å². The first-order valence-corrected chi connectivity index (χ1v) is 21.0. The summed E-state index contributed by atoms with van der Waals surface area (Å²) in [7, 11) is -2.15. The van der Waals surface area contributed by atoms with E-state index in [4.69, 9.17) is 21.1 Å². The molecular formula is C41H50ClN5O5S. The fourth-order valence-corrected chi connectivity index (χ4v) is 11.1. The van der Waals surface area contributed by atoms with E-state index < -0.39 is 26.8 Å². The number of aromatic nitrogens is 2. The first-order valence-electron chi connectivity index (χ1n) is 19.1. The van der Waals surface area contributed by atoms with Crippen LogP contribution in [0.15, 0.2) is 61.1 Å². The molecule has 282 valence electrons. The Balaban J connectivity index is 1.20. The number of nitrogens with one attached hydrogen (secondary N) is 1. The summed E-state index contributed by atoms with van der Waals surface area (Å²) in [6.45, 7) is 7.86. The topological polar surface area (TPSA) is 114 Å². The number of allylic oxidation sites excluding steroid dienone is 1. The summed E-state index contributed by atoms with van der Waals surface area (Å²) in [6, 6.07) is 11.6. The van der Waals surface area contributed by atoms with E-state index in [0.717, 1.165) is 74.6 Å². The molecule has 2 aliphatic carbocycles. The van der Waals surface area contributed by atoms with Crippen LogP contribution in [0.2, 0.25) is 5.02 Å². The number of carbonyl (C=O) groups excluding carboxylic acids is 1. The summed E-state index contributed by atoms with van der Waals surface area (Å²) in [5, 5.41) is -0.0556. The molecule has 1 N–H and O–H groups in total. The van der Waals surface area contributed by atoms with Crippen LogP contribution in [0.5, 0.6) is 5.75 Å². The number of hydrogen-bond acceptors (Lipinski definition) is 9. The average Bonchev–Trinajstić information content (AvgIpc) is 3.28. The largest absolute Gasteiger partial charge is 0.490 e. The van der Waals surface area contributed by atoms with Crippen LogP contribution in [0.25, 0.3) is 0 Å². The van der Waals surface area contributed by atoms with Gasteiger partial charge in [-0.05, 0) is 117 Å². The lowest BCUT2D eigenvalue weighted by Gasteiger charge is -2.52. The SMILES string of the molecule is CO[C@@]1(CN2CCc3cncnc3C2)/C=C\C[C@H](C)[C@@H](C)S(=O)(=O)NC(=O)c2ccc3c(c2)N(C[C@@H]2CC[C@H]21)C[C@@]1(CCCc2cc(Cl)ccc21)CO3. The summed E-state index contributed by atoms with van der Waals surface area (Å²) < 4.78 is 43.0. The van der Waals surface area contributed by atoms with Gasteiger partial charge in [-0.3, -0.25) is 9.69 Å². The maximum absolute atomic E-state index is 13.7. The van der Waals surface area contributed by atoms with Crippen molar-refractivity contribution in [2.75, 3.05) is 44.8 Å². The van der Waals surface area contributed by atoms with Crippen molar-refractivity contribution in [1.82, 2.24) is 19.6 Å². The second-order valence-electron chi connectivity index (χ2n) is 16.1. The molecule has 1 fully saturated rings. The Hall–Kier alpha value is -3.51. The van der Waals surface area contributed by atoms with Crippen LogP contribution in [0.1, 0.15) is 78.7 Å². The monoisotopic (exact) mass is 759 g/mol. The number of aryl methyl sites for hydroxylation is 1. The van der Waals surface area contributed by atoms with E-state index in [-0.39, 0.29) is 17.3 Å². The minimum absolute atomic E-state index is 0.215. The number of hydrogen-bond donors (Lipinski definition) is 1. The summed E-state index contributed by atoms with van der Waals surface area (Å²) in [4.78, 5) is 27.4. The number of anilines is 1. The Morgan fingerprint density at radius 3 is 2.79 bits per heavy atom. The Kier molecular flexibility index (Phi) is 9.83. The summed E-state index contributed by atoms with van der Waals surface area (Å²) in [5.74, 6) is 0.354. The molecule has 1 saturated carbocycles. The quantitative estimate of drug-likeness (QED) is 0.316. The molecule has 5 aliphatic rings. The maximum Gasteiger partial charge on any atom is 0.264 e. The van der Waals surface area contributed by atoms with Crippen molar-refractivity contribution in [2.45, 2.75) is 81.6 Å². The molecule has 1 amide bonds. The summed E-state index contributed by atoms with van der Waals surface area (Å²) >= 11 is 6.50. The lowest BCUT2D eigenvalue weighted by Crippen LogP contribution is -2.57. The van der Waals surface area contributed by atoms with Gasteiger partial charge in [0.2, 0.25) is 10.0 Å². The number of halogens is 1. The summed E-state index contributed by atoms with van der Waals surface area (Å²) in [6.07, 6.45) is 14.3. The van der Waals surface area contributed by atoms with Crippen LogP contribution in [0.3, 0.4) is 0 Å². The number of carbonyl (C=O) groups is 1. The van der Waals surface area contributed by atoms with Crippen molar-refractivity contribution < 1.29 is 22.7 Å². The summed E-state index contributed by atoms with van der Waals surface area (Å²) in [5.41, 5.74) is 5.03. The van der Waals surface area contributed by atoms with Crippen LogP contribution in [-0.4, -0.2) is 79.9 Å². The molecule has 0 saturated heterocycles. The van der Waals surface area contributed by atoms with Crippen molar-refractivity contribution in [1.29, 1.82) is 0 Å². The first-order chi connectivity index (χ1) is 25.5. The highest BCUT2D eigenvalue weighted by atomic mass is 35.5. The molecule has 53 heavy (non-hydrogen) atoms. The second-order valence-corrected chi connectivity index (χ2v) is 18.6. The molecule has 4 heterocycles. The smallest absolute Gasteiger partial charge is 0.264 e. The van der Waals surface area contributed by atoms with E-state index in [2.05, 4.69) is 48.8 Å². The zero-order chi connectivity index (χ0) is 37.0. The van der Waals surface area contributed by atoms with Gasteiger partial charge in [0.15, 0.2) is 0 Å². The minimum atomic E-state index is -3.97. The van der Waals surface area contributed by atoms with E-state index in [1.165, 1.54) is 16.7 Å². The zero-order valence-electron chi connectivity index (χ0n) is 30.9. The van der Waals surface area contributed by atoms with Gasteiger partial charge in [0.1, 0.15) is 17.7 Å². The molecule has 0 unspecified atom stereocenters. The molecule has 3 aromatic rings. The van der Waals surface area contributed by atoms with Crippen LogP contribution in [0.4, 0.5) is 5.69 Å². The third-order valence-corrected chi connectivity index (χ3v) is 15.2. The van der Waals surface area contributed by atoms with Gasteiger partial charge in [0.05, 0.1) is 23.2 Å². The molecule has 2 bridgehead atoms. The number of amides is 1. The molecule has 6 atom stereocenters. The van der Waals surface area contributed by atoms with Gasteiger partial charge in [-0.2, -0.15) is 0 Å². The number of ether oxygens (including phenoxy) is 2. The molecule has 2 aromatic carbocycles. The van der Waals surface area contributed by atoms with Gasteiger partial charge in [-0.15, -0.1) is 0 Å². The molecule has 0 radical (unpaired) electrons. The molecule has 12 heteroatoms. The van der Waals surface area contributed by atoms with Crippen molar-refractivity contribution in [3.8, 4) is 5.75 Å². The standard InChI is InChI=1S/C41H50ClN5O5S/c1-27-6-4-16-41(51-3,24-46-17-14-31-20-43-26-44-36(31)22-46)35-11-8-32(35)21-47-23-40(15-5-7-29-18-33(42)10-12-34(29)40)25-52-38-13-9-30(19-37(38)47)39(48)45-53(49,50)28(27)2/h4,9-10,12-13,16,18-20,26-28,32,35H,5-8,11,14-15,17,21-25H2,1-3H3,(H,45,48)/b16-4-/t27-,28+,32-,35+,40-,41+/m0/s1. The van der Waals surface area contributed by atoms with Crippen LogP contribution in [-0.2, 0) is 39.6 Å². The fraction of sp³-hybridized carbons (Fsp3) is 0.537. The van der Waals surface area contributed by atoms with Gasteiger partial charge in [-0.1, -0.05) is 36.7 Å². The van der Waals surface area contributed by atoms with E-state index in [1.54, 1.807) is 19.3 Å². The predicted octanol–water partition coefficient (Wildman–Crippen LogP) is 6.12. The highest BCUT2D eigenvalue weighted by Crippen LogP contribution is 2.49. The van der Waals surface area contributed by atoms with E-state index in [0.29, 0.717) is 43.3 Å². The van der Waals surface area contributed by atoms with Gasteiger partial charge < -0.3 is 14.4 Å². The zero-order valence-corrected chi connectivity index (χ0v) is 32.5. The number of fused-ring (bicyclic) bond motifs is 5. The lowest BCUT2D eigenvalue weighted by molar-refractivity contribution is -0.0933.